The second-order valence-corrected chi connectivity index (χ2v) is 4.70. The van der Waals surface area contributed by atoms with E-state index in [1.807, 2.05) is 0 Å². The molecular formula is C10H20N2. The Kier molecular flexibility index (Phi) is 2.13. The van der Waals surface area contributed by atoms with Crippen LogP contribution in [0.4, 0.5) is 0 Å². The molecule has 0 aromatic rings. The topological polar surface area (TPSA) is 15.3 Å². The Morgan fingerprint density at radius 1 is 1.25 bits per heavy atom. The maximum atomic E-state index is 3.58. The Morgan fingerprint density at radius 2 is 1.92 bits per heavy atom. The monoisotopic (exact) mass is 168 g/mol. The van der Waals surface area contributed by atoms with Crippen LogP contribution in [0.15, 0.2) is 0 Å². The van der Waals surface area contributed by atoms with E-state index in [-0.39, 0.29) is 0 Å². The molecule has 2 aliphatic heterocycles. The molecule has 2 saturated heterocycles. The van der Waals surface area contributed by atoms with Crippen LogP contribution >= 0.6 is 0 Å². The van der Waals surface area contributed by atoms with Crippen molar-refractivity contribution < 1.29 is 0 Å². The molecule has 12 heavy (non-hydrogen) atoms. The smallest absolute Gasteiger partial charge is 0.0284 e. The zero-order valence-corrected chi connectivity index (χ0v) is 8.27. The minimum atomic E-state index is 0.352. The maximum absolute atomic E-state index is 3.58. The van der Waals surface area contributed by atoms with Crippen molar-refractivity contribution in [3.8, 4) is 0 Å². The molecule has 0 radical (unpaired) electrons. The van der Waals surface area contributed by atoms with Crippen molar-refractivity contribution in [3.05, 3.63) is 0 Å². The third-order valence-electron chi connectivity index (χ3n) is 3.41. The van der Waals surface area contributed by atoms with E-state index in [4.69, 9.17) is 0 Å². The molecule has 2 fully saturated rings. The van der Waals surface area contributed by atoms with Gasteiger partial charge >= 0.3 is 0 Å². The van der Waals surface area contributed by atoms with Crippen LogP contribution < -0.4 is 5.32 Å². The van der Waals surface area contributed by atoms with Gasteiger partial charge in [-0.05, 0) is 52.7 Å². The third kappa shape index (κ3) is 1.38. The molecule has 0 bridgehead atoms. The number of hydrogen-bond acceptors (Lipinski definition) is 2. The summed E-state index contributed by atoms with van der Waals surface area (Å²) < 4.78 is 0. The van der Waals surface area contributed by atoms with Crippen molar-refractivity contribution in [1.29, 1.82) is 0 Å². The normalized spacial score (nSPS) is 36.0. The lowest BCUT2D eigenvalue weighted by Gasteiger charge is -2.34. The van der Waals surface area contributed by atoms with E-state index in [1.165, 1.54) is 38.9 Å². The van der Waals surface area contributed by atoms with E-state index in [9.17, 15) is 0 Å². The van der Waals surface area contributed by atoms with Gasteiger partial charge < -0.3 is 5.32 Å². The average Bonchev–Trinajstić information content (AvgIpc) is 2.55. The molecule has 0 spiro atoms. The predicted octanol–water partition coefficient (Wildman–Crippen LogP) is 1.22. The zero-order valence-electron chi connectivity index (χ0n) is 8.27. The van der Waals surface area contributed by atoms with E-state index < -0.39 is 0 Å². The van der Waals surface area contributed by atoms with Crippen molar-refractivity contribution in [1.82, 2.24) is 10.2 Å². The summed E-state index contributed by atoms with van der Waals surface area (Å²) in [6.45, 7) is 8.53. The molecule has 2 rings (SSSR count). The summed E-state index contributed by atoms with van der Waals surface area (Å²) >= 11 is 0. The molecule has 2 heterocycles. The van der Waals surface area contributed by atoms with Crippen molar-refractivity contribution in [2.24, 2.45) is 0 Å². The Balaban J connectivity index is 2.02. The highest BCUT2D eigenvalue weighted by atomic mass is 15.2. The summed E-state index contributed by atoms with van der Waals surface area (Å²) in [5, 5.41) is 3.58. The first kappa shape index (κ1) is 8.52. The predicted molar refractivity (Wildman–Crippen MR) is 51.3 cm³/mol. The van der Waals surface area contributed by atoms with Crippen molar-refractivity contribution in [2.45, 2.75) is 44.7 Å². The molecule has 2 nitrogen and oxygen atoms in total. The van der Waals surface area contributed by atoms with Gasteiger partial charge in [-0.2, -0.15) is 0 Å². The lowest BCUT2D eigenvalue weighted by molar-refractivity contribution is 0.180. The molecule has 2 heteroatoms. The summed E-state index contributed by atoms with van der Waals surface area (Å²) in [4.78, 5) is 2.67. The van der Waals surface area contributed by atoms with Crippen LogP contribution in [-0.2, 0) is 0 Å². The zero-order chi connectivity index (χ0) is 8.60. The van der Waals surface area contributed by atoms with Gasteiger partial charge in [-0.1, -0.05) is 0 Å². The van der Waals surface area contributed by atoms with Gasteiger partial charge in [0.25, 0.3) is 0 Å². The van der Waals surface area contributed by atoms with E-state index in [2.05, 4.69) is 24.1 Å². The molecule has 0 aromatic heterocycles. The minimum Gasteiger partial charge on any atom is -0.310 e. The molecule has 1 atom stereocenters. The molecular weight excluding hydrogens is 148 g/mol. The maximum Gasteiger partial charge on any atom is 0.0284 e. The Hall–Kier alpha value is -0.0800. The average molecular weight is 168 g/mol. The minimum absolute atomic E-state index is 0.352. The first-order chi connectivity index (χ1) is 5.70. The fourth-order valence-electron chi connectivity index (χ4n) is 2.70. The molecule has 0 saturated carbocycles. The fraction of sp³-hybridized carbons (Fsp3) is 1.00. The van der Waals surface area contributed by atoms with E-state index in [0.717, 1.165) is 6.04 Å². The summed E-state index contributed by atoms with van der Waals surface area (Å²) in [7, 11) is 0. The summed E-state index contributed by atoms with van der Waals surface area (Å²) in [6.07, 6.45) is 4.16. The Bertz CT molecular complexity index is 159. The van der Waals surface area contributed by atoms with Crippen LogP contribution in [0, 0.1) is 0 Å². The molecule has 1 N–H and O–H groups in total. The van der Waals surface area contributed by atoms with Gasteiger partial charge in [-0.25, -0.2) is 0 Å². The lowest BCUT2D eigenvalue weighted by Crippen LogP contribution is -2.49. The second kappa shape index (κ2) is 3.00. The number of nitrogens with one attached hydrogen (secondary N) is 1. The SMILES string of the molecule is CC1(C)NCCC1N1CCCC1. The van der Waals surface area contributed by atoms with Gasteiger partial charge in [0.1, 0.15) is 0 Å². The van der Waals surface area contributed by atoms with Crippen molar-refractivity contribution >= 4 is 0 Å². The van der Waals surface area contributed by atoms with E-state index >= 15 is 0 Å². The van der Waals surface area contributed by atoms with Gasteiger partial charge in [0.05, 0.1) is 0 Å². The molecule has 0 aliphatic carbocycles. The van der Waals surface area contributed by atoms with Crippen LogP contribution in [0.25, 0.3) is 0 Å². The Morgan fingerprint density at radius 3 is 2.42 bits per heavy atom. The number of rotatable bonds is 1. The van der Waals surface area contributed by atoms with Gasteiger partial charge in [-0.3, -0.25) is 4.90 Å². The van der Waals surface area contributed by atoms with Crippen LogP contribution in [0.2, 0.25) is 0 Å². The lowest BCUT2D eigenvalue weighted by atomic mass is 9.96. The van der Waals surface area contributed by atoms with Crippen molar-refractivity contribution in [3.63, 3.8) is 0 Å². The number of hydrogen-bond donors (Lipinski definition) is 1. The van der Waals surface area contributed by atoms with Gasteiger partial charge in [-0.15, -0.1) is 0 Å². The standard InChI is InChI=1S/C10H20N2/c1-10(2)9(5-6-11-10)12-7-3-4-8-12/h9,11H,3-8H2,1-2H3. The Labute approximate surface area is 75.3 Å². The van der Waals surface area contributed by atoms with Gasteiger partial charge in [0.2, 0.25) is 0 Å². The van der Waals surface area contributed by atoms with Crippen LogP contribution in [0.3, 0.4) is 0 Å². The van der Waals surface area contributed by atoms with Crippen LogP contribution in [-0.4, -0.2) is 36.1 Å². The molecule has 70 valence electrons. The first-order valence-corrected chi connectivity index (χ1v) is 5.19. The highest BCUT2D eigenvalue weighted by Gasteiger charge is 2.38. The summed E-state index contributed by atoms with van der Waals surface area (Å²) in [5.74, 6) is 0. The molecule has 0 aromatic carbocycles. The molecule has 2 aliphatic rings. The first-order valence-electron chi connectivity index (χ1n) is 5.19. The molecule has 0 amide bonds. The summed E-state index contributed by atoms with van der Waals surface area (Å²) in [5.41, 5.74) is 0.352. The van der Waals surface area contributed by atoms with Crippen LogP contribution in [0.5, 0.6) is 0 Å². The van der Waals surface area contributed by atoms with E-state index in [1.54, 1.807) is 0 Å². The highest BCUT2D eigenvalue weighted by molar-refractivity contribution is 4.99. The fourth-order valence-corrected chi connectivity index (χ4v) is 2.70. The second-order valence-electron chi connectivity index (χ2n) is 4.70. The van der Waals surface area contributed by atoms with E-state index in [0.29, 0.717) is 5.54 Å². The van der Waals surface area contributed by atoms with Gasteiger partial charge in [0, 0.05) is 11.6 Å². The van der Waals surface area contributed by atoms with Gasteiger partial charge in [0.15, 0.2) is 0 Å². The summed E-state index contributed by atoms with van der Waals surface area (Å²) in [6, 6.07) is 0.792. The third-order valence-corrected chi connectivity index (χ3v) is 3.41. The largest absolute Gasteiger partial charge is 0.310 e. The van der Waals surface area contributed by atoms with Crippen LogP contribution in [0.1, 0.15) is 33.1 Å². The van der Waals surface area contributed by atoms with Crippen molar-refractivity contribution in [2.75, 3.05) is 19.6 Å². The molecule has 1 unspecified atom stereocenters. The number of nitrogens with zero attached hydrogens (tertiary/aromatic N) is 1. The highest BCUT2D eigenvalue weighted by Crippen LogP contribution is 2.27. The quantitative estimate of drug-likeness (QED) is 0.633. The number of likely N-dealkylation sites (tertiary alicyclic amines) is 1.